The maximum Gasteiger partial charge on any atom is 0.356 e. The summed E-state index contributed by atoms with van der Waals surface area (Å²) in [6, 6.07) is 0.407. The number of anilines is 1. The van der Waals surface area contributed by atoms with Crippen LogP contribution in [0.25, 0.3) is 0 Å². The number of aromatic carboxylic acids is 1. The number of nitrogens with zero attached hydrogens (tertiary/aromatic N) is 3. The number of carboxylic acid groups (broad SMARTS) is 1. The predicted molar refractivity (Wildman–Crippen MR) is 63.4 cm³/mol. The first-order valence-corrected chi connectivity index (χ1v) is 5.63. The van der Waals surface area contributed by atoms with Crippen LogP contribution < -0.4 is 10.2 Å². The van der Waals surface area contributed by atoms with Gasteiger partial charge in [0.1, 0.15) is 5.82 Å². The first-order valence-electron chi connectivity index (χ1n) is 5.63. The van der Waals surface area contributed by atoms with Crippen molar-refractivity contribution in [2.45, 2.75) is 19.9 Å². The minimum absolute atomic E-state index is 0.00515. The van der Waals surface area contributed by atoms with Crippen molar-refractivity contribution in [2.75, 3.05) is 24.5 Å². The van der Waals surface area contributed by atoms with Crippen molar-refractivity contribution in [1.82, 2.24) is 15.3 Å². The van der Waals surface area contributed by atoms with E-state index in [1.807, 2.05) is 0 Å². The van der Waals surface area contributed by atoms with Crippen molar-refractivity contribution in [2.24, 2.45) is 0 Å². The third-order valence-corrected chi connectivity index (χ3v) is 2.81. The predicted octanol–water partition coefficient (Wildman–Crippen LogP) is 0.281. The van der Waals surface area contributed by atoms with Crippen molar-refractivity contribution >= 4 is 11.8 Å². The van der Waals surface area contributed by atoms with Crippen LogP contribution in [0.5, 0.6) is 0 Å². The van der Waals surface area contributed by atoms with Gasteiger partial charge >= 0.3 is 5.97 Å². The molecule has 2 rings (SSSR count). The van der Waals surface area contributed by atoms with Crippen molar-refractivity contribution in [3.05, 3.63) is 17.6 Å². The lowest BCUT2D eigenvalue weighted by atomic mass is 10.2. The molecular weight excluding hydrogens is 220 g/mol. The SMILES string of the molecule is Cc1nc(C(=O)O)cnc1N1CCNC(C)C1. The fourth-order valence-corrected chi connectivity index (χ4v) is 2.01. The lowest BCUT2D eigenvalue weighted by Crippen LogP contribution is -2.49. The van der Waals surface area contributed by atoms with Crippen molar-refractivity contribution in [3.8, 4) is 0 Å². The van der Waals surface area contributed by atoms with Crippen LogP contribution in [0.2, 0.25) is 0 Å². The number of carboxylic acids is 1. The van der Waals surface area contributed by atoms with Crippen LogP contribution in [0.15, 0.2) is 6.20 Å². The molecule has 0 amide bonds. The van der Waals surface area contributed by atoms with Crippen molar-refractivity contribution in [1.29, 1.82) is 0 Å². The van der Waals surface area contributed by atoms with E-state index in [4.69, 9.17) is 5.11 Å². The van der Waals surface area contributed by atoms with E-state index in [0.29, 0.717) is 11.7 Å². The Hall–Kier alpha value is -1.69. The minimum Gasteiger partial charge on any atom is -0.476 e. The summed E-state index contributed by atoms with van der Waals surface area (Å²) in [6.07, 6.45) is 1.32. The zero-order valence-electron chi connectivity index (χ0n) is 9.97. The van der Waals surface area contributed by atoms with Crippen molar-refractivity contribution < 1.29 is 9.90 Å². The topological polar surface area (TPSA) is 78.3 Å². The minimum atomic E-state index is -1.04. The molecule has 1 aromatic rings. The lowest BCUT2D eigenvalue weighted by molar-refractivity contribution is 0.0689. The number of hydrogen-bond donors (Lipinski definition) is 2. The molecule has 0 radical (unpaired) electrons. The summed E-state index contributed by atoms with van der Waals surface area (Å²) >= 11 is 0. The fourth-order valence-electron chi connectivity index (χ4n) is 2.01. The molecule has 0 spiro atoms. The van der Waals surface area contributed by atoms with Crippen LogP contribution >= 0.6 is 0 Å². The lowest BCUT2D eigenvalue weighted by Gasteiger charge is -2.33. The number of aromatic nitrogens is 2. The summed E-state index contributed by atoms with van der Waals surface area (Å²) in [4.78, 5) is 21.2. The van der Waals surface area contributed by atoms with Crippen LogP contribution in [0, 0.1) is 6.92 Å². The number of piperazine rings is 1. The molecule has 2 N–H and O–H groups in total. The van der Waals surface area contributed by atoms with E-state index in [9.17, 15) is 4.79 Å². The van der Waals surface area contributed by atoms with Gasteiger partial charge in [0.15, 0.2) is 5.69 Å². The summed E-state index contributed by atoms with van der Waals surface area (Å²) in [5.41, 5.74) is 0.661. The first-order chi connectivity index (χ1) is 8.08. The summed E-state index contributed by atoms with van der Waals surface area (Å²) in [7, 11) is 0. The standard InChI is InChI=1S/C11H16N4O2/c1-7-6-15(4-3-12-7)10-8(2)14-9(5-13-10)11(16)17/h5,7,12H,3-4,6H2,1-2H3,(H,16,17). The maximum atomic E-state index is 10.8. The summed E-state index contributed by atoms with van der Waals surface area (Å²) in [5, 5.41) is 12.2. The molecular formula is C11H16N4O2. The largest absolute Gasteiger partial charge is 0.476 e. The summed E-state index contributed by atoms with van der Waals surface area (Å²) in [5.74, 6) is -0.260. The van der Waals surface area contributed by atoms with E-state index in [0.717, 1.165) is 25.5 Å². The van der Waals surface area contributed by atoms with Gasteiger partial charge in [0.05, 0.1) is 11.9 Å². The Morgan fingerprint density at radius 2 is 2.41 bits per heavy atom. The van der Waals surface area contributed by atoms with Gasteiger partial charge in [0.2, 0.25) is 0 Å². The van der Waals surface area contributed by atoms with Crippen LogP contribution in [-0.2, 0) is 0 Å². The Morgan fingerprint density at radius 1 is 1.65 bits per heavy atom. The molecule has 1 unspecified atom stereocenters. The van der Waals surface area contributed by atoms with Gasteiger partial charge in [-0.3, -0.25) is 0 Å². The highest BCUT2D eigenvalue weighted by molar-refractivity contribution is 5.85. The highest BCUT2D eigenvalue weighted by Gasteiger charge is 2.19. The van der Waals surface area contributed by atoms with Gasteiger partial charge in [-0.1, -0.05) is 0 Å². The normalized spacial score (nSPS) is 20.4. The number of aryl methyl sites for hydroxylation is 1. The fraction of sp³-hybridized carbons (Fsp3) is 0.545. The Morgan fingerprint density at radius 3 is 3.00 bits per heavy atom. The van der Waals surface area contributed by atoms with Gasteiger partial charge in [-0.15, -0.1) is 0 Å². The molecule has 6 heteroatoms. The van der Waals surface area contributed by atoms with Crippen molar-refractivity contribution in [3.63, 3.8) is 0 Å². The molecule has 1 saturated heterocycles. The van der Waals surface area contributed by atoms with E-state index in [1.54, 1.807) is 6.92 Å². The molecule has 92 valence electrons. The van der Waals surface area contributed by atoms with Gasteiger partial charge in [-0.2, -0.15) is 0 Å². The number of nitrogens with one attached hydrogen (secondary N) is 1. The molecule has 2 heterocycles. The van der Waals surface area contributed by atoms with Crippen LogP contribution in [0.1, 0.15) is 23.1 Å². The summed E-state index contributed by atoms with van der Waals surface area (Å²) < 4.78 is 0. The van der Waals surface area contributed by atoms with E-state index < -0.39 is 5.97 Å². The Kier molecular flexibility index (Phi) is 3.23. The van der Waals surface area contributed by atoms with E-state index in [2.05, 4.69) is 27.1 Å². The molecule has 1 aromatic heterocycles. The number of hydrogen-bond acceptors (Lipinski definition) is 5. The maximum absolute atomic E-state index is 10.8. The Balaban J connectivity index is 2.23. The second kappa shape index (κ2) is 4.67. The smallest absolute Gasteiger partial charge is 0.356 e. The van der Waals surface area contributed by atoms with Gasteiger partial charge in [0.25, 0.3) is 0 Å². The number of rotatable bonds is 2. The van der Waals surface area contributed by atoms with Gasteiger partial charge in [0, 0.05) is 25.7 Å². The second-order valence-electron chi connectivity index (χ2n) is 4.27. The quantitative estimate of drug-likeness (QED) is 0.768. The average Bonchev–Trinajstić information content (AvgIpc) is 2.28. The third-order valence-electron chi connectivity index (χ3n) is 2.81. The molecule has 1 atom stereocenters. The van der Waals surface area contributed by atoms with Crippen LogP contribution in [0.4, 0.5) is 5.82 Å². The molecule has 1 aliphatic rings. The van der Waals surface area contributed by atoms with E-state index >= 15 is 0 Å². The molecule has 0 aromatic carbocycles. The highest BCUT2D eigenvalue weighted by Crippen LogP contribution is 2.16. The monoisotopic (exact) mass is 236 g/mol. The highest BCUT2D eigenvalue weighted by atomic mass is 16.4. The summed E-state index contributed by atoms with van der Waals surface area (Å²) in [6.45, 7) is 6.54. The Bertz CT molecular complexity index is 435. The molecule has 1 fully saturated rings. The third kappa shape index (κ3) is 2.52. The van der Waals surface area contributed by atoms with Crippen LogP contribution in [0.3, 0.4) is 0 Å². The second-order valence-corrected chi connectivity index (χ2v) is 4.27. The van der Waals surface area contributed by atoms with Crippen LogP contribution in [-0.4, -0.2) is 46.7 Å². The van der Waals surface area contributed by atoms with Gasteiger partial charge < -0.3 is 15.3 Å². The average molecular weight is 236 g/mol. The molecule has 17 heavy (non-hydrogen) atoms. The molecule has 0 aliphatic carbocycles. The molecule has 6 nitrogen and oxygen atoms in total. The molecule has 1 aliphatic heterocycles. The Labute approximate surface area is 99.7 Å². The van der Waals surface area contributed by atoms with E-state index in [1.165, 1.54) is 6.20 Å². The first kappa shape index (κ1) is 11.8. The van der Waals surface area contributed by atoms with Gasteiger partial charge in [-0.25, -0.2) is 14.8 Å². The number of carbonyl (C=O) groups is 1. The zero-order chi connectivity index (χ0) is 12.4. The molecule has 0 saturated carbocycles. The van der Waals surface area contributed by atoms with Gasteiger partial charge in [-0.05, 0) is 13.8 Å². The van der Waals surface area contributed by atoms with E-state index in [-0.39, 0.29) is 5.69 Å². The molecule has 0 bridgehead atoms. The zero-order valence-corrected chi connectivity index (χ0v) is 9.97.